The summed E-state index contributed by atoms with van der Waals surface area (Å²) < 4.78 is 12.2. The summed E-state index contributed by atoms with van der Waals surface area (Å²) in [5.74, 6) is -2.60. The van der Waals surface area contributed by atoms with Gasteiger partial charge in [0.2, 0.25) is 0 Å². The number of nitrogens with zero attached hydrogens (tertiary/aromatic N) is 1. The highest BCUT2D eigenvalue weighted by molar-refractivity contribution is 6.30. The molecule has 0 amide bonds. The van der Waals surface area contributed by atoms with Crippen LogP contribution in [0.2, 0.25) is 5.02 Å². The average Bonchev–Trinajstić information content (AvgIpc) is 2.62. The van der Waals surface area contributed by atoms with Crippen molar-refractivity contribution in [1.82, 2.24) is 4.90 Å². The summed E-state index contributed by atoms with van der Waals surface area (Å²) in [5.41, 5.74) is 0.477. The van der Waals surface area contributed by atoms with Crippen LogP contribution in [0, 0.1) is 0 Å². The van der Waals surface area contributed by atoms with Gasteiger partial charge in [0, 0.05) is 10.6 Å². The molecule has 138 valence electrons. The van der Waals surface area contributed by atoms with Crippen LogP contribution < -0.4 is 4.74 Å². The molecule has 3 rings (SSSR count). The van der Waals surface area contributed by atoms with E-state index in [0.717, 1.165) is 5.56 Å². The van der Waals surface area contributed by atoms with Crippen molar-refractivity contribution in [3.8, 4) is 5.75 Å². The van der Waals surface area contributed by atoms with Crippen LogP contribution in [-0.2, 0) is 15.1 Å². The van der Waals surface area contributed by atoms with Crippen molar-refractivity contribution in [2.24, 2.45) is 0 Å². The van der Waals surface area contributed by atoms with E-state index in [-0.39, 0.29) is 0 Å². The Morgan fingerprint density at radius 2 is 1.85 bits per heavy atom. The van der Waals surface area contributed by atoms with Gasteiger partial charge in [0.25, 0.3) is 0 Å². The Balaban J connectivity index is 2.27. The molecule has 1 aliphatic heterocycles. The van der Waals surface area contributed by atoms with Gasteiger partial charge in [-0.2, -0.15) is 0 Å². The number of hydrogen-bond acceptors (Lipinski definition) is 4. The molecule has 1 aliphatic rings. The smallest absolute Gasteiger partial charge is 0.379 e. The number of carboxylic acid groups (broad SMARTS) is 1. The zero-order valence-corrected chi connectivity index (χ0v) is 15.9. The molecule has 26 heavy (non-hydrogen) atoms. The van der Waals surface area contributed by atoms with Gasteiger partial charge in [-0.3, -0.25) is 0 Å². The topological polar surface area (TPSA) is 59.0 Å². The van der Waals surface area contributed by atoms with Crippen LogP contribution in [0.1, 0.15) is 25.0 Å². The van der Waals surface area contributed by atoms with E-state index in [9.17, 15) is 9.90 Å². The second-order valence-electron chi connectivity index (χ2n) is 6.86. The molecule has 5 nitrogen and oxygen atoms in total. The Kier molecular flexibility index (Phi) is 4.73. The minimum atomic E-state index is -1.87. The van der Waals surface area contributed by atoms with Gasteiger partial charge in [-0.05, 0) is 51.7 Å². The molecule has 0 saturated carbocycles. The fraction of sp³-hybridized carbons (Fsp3) is 0.350. The van der Waals surface area contributed by atoms with Crippen molar-refractivity contribution >= 4 is 17.6 Å². The molecule has 0 aromatic heterocycles. The third-order valence-corrected chi connectivity index (χ3v) is 5.26. The number of rotatable bonds is 4. The van der Waals surface area contributed by atoms with E-state index >= 15 is 0 Å². The highest BCUT2D eigenvalue weighted by Crippen LogP contribution is 2.48. The molecule has 0 spiro atoms. The maximum Gasteiger partial charge on any atom is 0.379 e. The van der Waals surface area contributed by atoms with Crippen LogP contribution in [0.15, 0.2) is 48.5 Å². The van der Waals surface area contributed by atoms with Gasteiger partial charge >= 0.3 is 11.8 Å². The predicted octanol–water partition coefficient (Wildman–Crippen LogP) is 3.74. The molecule has 0 radical (unpaired) electrons. The molecule has 0 fully saturated rings. The van der Waals surface area contributed by atoms with E-state index in [1.54, 1.807) is 44.1 Å². The molecular weight excluding hydrogens is 354 g/mol. The predicted molar refractivity (Wildman–Crippen MR) is 99.6 cm³/mol. The second-order valence-corrected chi connectivity index (χ2v) is 7.29. The van der Waals surface area contributed by atoms with E-state index in [1.807, 2.05) is 37.3 Å². The number of halogens is 1. The number of benzene rings is 2. The van der Waals surface area contributed by atoms with Crippen LogP contribution in [0.5, 0.6) is 5.75 Å². The third kappa shape index (κ3) is 2.86. The van der Waals surface area contributed by atoms with E-state index < -0.39 is 23.4 Å². The minimum absolute atomic E-state index is 0.447. The number of likely N-dealkylation sites (N-methyl/N-ethyl adjacent to an activating group) is 1. The number of fused-ring (bicyclic) bond motifs is 1. The quantitative estimate of drug-likeness (QED) is 0.882. The second kappa shape index (κ2) is 6.58. The highest BCUT2D eigenvalue weighted by Gasteiger charge is 2.58. The third-order valence-electron chi connectivity index (χ3n) is 5.02. The van der Waals surface area contributed by atoms with Crippen molar-refractivity contribution in [1.29, 1.82) is 0 Å². The number of carbonyl (C=O) groups is 1. The summed E-state index contributed by atoms with van der Waals surface area (Å²) in [6.45, 7) is 3.61. The van der Waals surface area contributed by atoms with Crippen molar-refractivity contribution < 1.29 is 19.4 Å². The highest BCUT2D eigenvalue weighted by atomic mass is 35.5. The van der Waals surface area contributed by atoms with Gasteiger partial charge in [0.1, 0.15) is 11.4 Å². The molecular formula is C20H22ClNO4. The monoisotopic (exact) mass is 375 g/mol. The largest absolute Gasteiger partial charge is 0.476 e. The van der Waals surface area contributed by atoms with Gasteiger partial charge in [-0.1, -0.05) is 41.9 Å². The minimum Gasteiger partial charge on any atom is -0.476 e. The van der Waals surface area contributed by atoms with E-state index in [2.05, 4.69) is 0 Å². The zero-order valence-electron chi connectivity index (χ0n) is 15.2. The summed E-state index contributed by atoms with van der Waals surface area (Å²) >= 11 is 6.20. The van der Waals surface area contributed by atoms with Gasteiger partial charge in [-0.25, -0.2) is 4.79 Å². The van der Waals surface area contributed by atoms with Gasteiger partial charge in [0.05, 0.1) is 6.04 Å². The van der Waals surface area contributed by atoms with E-state index in [4.69, 9.17) is 21.1 Å². The summed E-state index contributed by atoms with van der Waals surface area (Å²) in [4.78, 5) is 14.1. The summed E-state index contributed by atoms with van der Waals surface area (Å²) in [6.07, 6.45) is 0. The Morgan fingerprint density at radius 3 is 2.42 bits per heavy atom. The summed E-state index contributed by atoms with van der Waals surface area (Å²) in [6, 6.07) is 14.1. The van der Waals surface area contributed by atoms with Crippen molar-refractivity contribution in [3.63, 3.8) is 0 Å². The van der Waals surface area contributed by atoms with Crippen LogP contribution in [0.3, 0.4) is 0 Å². The van der Waals surface area contributed by atoms with Gasteiger partial charge in [0.15, 0.2) is 0 Å². The van der Waals surface area contributed by atoms with Crippen molar-refractivity contribution in [2.45, 2.75) is 31.3 Å². The average molecular weight is 376 g/mol. The first-order valence-corrected chi connectivity index (χ1v) is 8.73. The lowest BCUT2D eigenvalue weighted by molar-refractivity contribution is -0.274. The normalized spacial score (nSPS) is 26.1. The first-order chi connectivity index (χ1) is 12.2. The van der Waals surface area contributed by atoms with E-state index in [0.29, 0.717) is 16.3 Å². The number of carboxylic acids is 1. The number of aliphatic carboxylic acids is 1. The van der Waals surface area contributed by atoms with Crippen LogP contribution >= 0.6 is 11.6 Å². The van der Waals surface area contributed by atoms with E-state index in [1.165, 1.54) is 0 Å². The molecule has 1 N–H and O–H groups in total. The van der Waals surface area contributed by atoms with Crippen molar-refractivity contribution in [2.75, 3.05) is 14.1 Å². The molecule has 6 heteroatoms. The summed E-state index contributed by atoms with van der Waals surface area (Å²) in [7, 11) is 3.58. The fourth-order valence-corrected chi connectivity index (χ4v) is 3.43. The molecule has 1 heterocycles. The number of hydrogen-bond donors (Lipinski definition) is 1. The lowest BCUT2D eigenvalue weighted by atomic mass is 9.85. The molecule has 2 aromatic rings. The first kappa shape index (κ1) is 18.7. The van der Waals surface area contributed by atoms with Crippen LogP contribution in [-0.4, -0.2) is 41.9 Å². The molecule has 0 aliphatic carbocycles. The Hall–Kier alpha value is -2.08. The molecule has 0 saturated heterocycles. The Bertz CT molecular complexity index is 826. The lowest BCUT2D eigenvalue weighted by Gasteiger charge is -2.48. The lowest BCUT2D eigenvalue weighted by Crippen LogP contribution is -2.64. The Labute approximate surface area is 158 Å². The van der Waals surface area contributed by atoms with Crippen LogP contribution in [0.4, 0.5) is 0 Å². The fourth-order valence-electron chi connectivity index (χ4n) is 3.25. The van der Waals surface area contributed by atoms with Gasteiger partial charge in [-0.15, -0.1) is 0 Å². The molecule has 0 bridgehead atoms. The Morgan fingerprint density at radius 1 is 1.19 bits per heavy atom. The molecule has 3 unspecified atom stereocenters. The molecule has 3 atom stereocenters. The van der Waals surface area contributed by atoms with Crippen molar-refractivity contribution in [3.05, 3.63) is 64.7 Å². The zero-order chi connectivity index (χ0) is 19.1. The standard InChI is InChI=1S/C20H22ClNO4/c1-13(22(3)4)20(18(23)24)25-17-11-10-15(21)12-16(17)19(2,26-20)14-8-6-5-7-9-14/h5-13H,1-4H3,(H,23,24). The maximum atomic E-state index is 12.3. The summed E-state index contributed by atoms with van der Waals surface area (Å²) in [5, 5.41) is 10.6. The maximum absolute atomic E-state index is 12.3. The van der Waals surface area contributed by atoms with Crippen LogP contribution in [0.25, 0.3) is 0 Å². The first-order valence-electron chi connectivity index (χ1n) is 8.35. The van der Waals surface area contributed by atoms with Gasteiger partial charge < -0.3 is 19.5 Å². The molecule has 2 aromatic carbocycles. The number of ether oxygens (including phenoxy) is 2. The SMILES string of the molecule is CC(N(C)C)C1(C(=O)O)Oc2ccc(Cl)cc2C(C)(c2ccccc2)O1.